The maximum Gasteiger partial charge on any atom is 0.343 e. The van der Waals surface area contributed by atoms with Crippen LogP contribution in [0, 0.1) is 11.6 Å². The highest BCUT2D eigenvalue weighted by Gasteiger charge is 2.22. The largest absolute Gasteiger partial charge is 0.462 e. The maximum absolute atomic E-state index is 14.1. The molecule has 2 aromatic rings. The van der Waals surface area contributed by atoms with Gasteiger partial charge < -0.3 is 9.30 Å². The first-order chi connectivity index (χ1) is 10.9. The molecule has 0 saturated heterocycles. The molecule has 1 aromatic carbocycles. The minimum atomic E-state index is -1.09. The Labute approximate surface area is 140 Å². The molecule has 0 amide bonds. The van der Waals surface area contributed by atoms with Crippen molar-refractivity contribution in [3.63, 3.8) is 0 Å². The van der Waals surface area contributed by atoms with Gasteiger partial charge in [-0.1, -0.05) is 11.6 Å². The predicted octanol–water partition coefficient (Wildman–Crippen LogP) is 3.74. The molecule has 8 heteroatoms. The van der Waals surface area contributed by atoms with Gasteiger partial charge >= 0.3 is 5.97 Å². The van der Waals surface area contributed by atoms with E-state index in [9.17, 15) is 18.4 Å². The normalized spacial score (nSPS) is 11.0. The standard InChI is InChI=1S/C15H13Cl2F2NO3/c1-2-23-15(22)8-7-20(5-3-4-16)13-11(14(8)21)9(18)6-10(19)12(13)17/h6-7H,2-5H2,1H3. The molecule has 4 nitrogen and oxygen atoms in total. The van der Waals surface area contributed by atoms with Crippen LogP contribution in [0.5, 0.6) is 0 Å². The second-order valence-electron chi connectivity index (χ2n) is 4.71. The number of ether oxygens (including phenoxy) is 1. The number of rotatable bonds is 5. The van der Waals surface area contributed by atoms with Crippen LogP contribution in [0.15, 0.2) is 17.1 Å². The van der Waals surface area contributed by atoms with Crippen molar-refractivity contribution in [1.82, 2.24) is 4.57 Å². The van der Waals surface area contributed by atoms with Crippen LogP contribution in [0.25, 0.3) is 10.9 Å². The molecule has 0 spiro atoms. The Kier molecular flexibility index (Phi) is 5.59. The lowest BCUT2D eigenvalue weighted by molar-refractivity contribution is 0.0524. The van der Waals surface area contributed by atoms with Crippen LogP contribution in [0.1, 0.15) is 23.7 Å². The highest BCUT2D eigenvalue weighted by atomic mass is 35.5. The smallest absolute Gasteiger partial charge is 0.343 e. The molecule has 0 aliphatic heterocycles. The Morgan fingerprint density at radius 3 is 2.65 bits per heavy atom. The number of pyridine rings is 1. The SMILES string of the molecule is CCOC(=O)c1cn(CCCCl)c2c(Cl)c(F)cc(F)c2c1=O. The Bertz CT molecular complexity index is 821. The summed E-state index contributed by atoms with van der Waals surface area (Å²) in [6, 6.07) is 0.521. The van der Waals surface area contributed by atoms with Crippen molar-refractivity contribution >= 4 is 40.1 Å². The van der Waals surface area contributed by atoms with E-state index in [2.05, 4.69) is 0 Å². The number of aromatic nitrogens is 1. The summed E-state index contributed by atoms with van der Waals surface area (Å²) >= 11 is 11.5. The summed E-state index contributed by atoms with van der Waals surface area (Å²) in [5.74, 6) is -2.66. The van der Waals surface area contributed by atoms with E-state index in [1.807, 2.05) is 0 Å². The summed E-state index contributed by atoms with van der Waals surface area (Å²) in [5, 5.41) is -0.833. The van der Waals surface area contributed by atoms with E-state index in [1.165, 1.54) is 10.8 Å². The van der Waals surface area contributed by atoms with Crippen molar-refractivity contribution in [2.45, 2.75) is 19.9 Å². The molecule has 1 heterocycles. The van der Waals surface area contributed by atoms with Crippen LogP contribution >= 0.6 is 23.2 Å². The number of hydrogen-bond donors (Lipinski definition) is 0. The highest BCUT2D eigenvalue weighted by Crippen LogP contribution is 2.28. The topological polar surface area (TPSA) is 48.3 Å². The molecule has 0 radical (unpaired) electrons. The van der Waals surface area contributed by atoms with E-state index in [-0.39, 0.29) is 35.1 Å². The third kappa shape index (κ3) is 3.33. The van der Waals surface area contributed by atoms with E-state index >= 15 is 0 Å². The number of hydrogen-bond acceptors (Lipinski definition) is 3. The van der Waals surface area contributed by atoms with Gasteiger partial charge in [-0.15, -0.1) is 11.6 Å². The molecule has 23 heavy (non-hydrogen) atoms. The Hall–Kier alpha value is -1.66. The molecule has 0 N–H and O–H groups in total. The number of alkyl halides is 1. The first-order valence-electron chi connectivity index (χ1n) is 6.86. The average molecular weight is 364 g/mol. The number of carbonyl (C=O) groups is 1. The summed E-state index contributed by atoms with van der Waals surface area (Å²) in [6.45, 7) is 1.87. The van der Waals surface area contributed by atoms with Crippen LogP contribution in [-0.2, 0) is 11.3 Å². The molecule has 0 bridgehead atoms. The van der Waals surface area contributed by atoms with Gasteiger partial charge in [0.1, 0.15) is 22.2 Å². The van der Waals surface area contributed by atoms with Gasteiger partial charge in [-0.25, -0.2) is 13.6 Å². The van der Waals surface area contributed by atoms with Crippen molar-refractivity contribution in [3.8, 4) is 0 Å². The van der Waals surface area contributed by atoms with E-state index in [1.54, 1.807) is 6.92 Å². The highest BCUT2D eigenvalue weighted by molar-refractivity contribution is 6.35. The van der Waals surface area contributed by atoms with E-state index in [4.69, 9.17) is 27.9 Å². The molecule has 124 valence electrons. The van der Waals surface area contributed by atoms with Gasteiger partial charge in [0, 0.05) is 24.7 Å². The number of benzene rings is 1. The zero-order chi connectivity index (χ0) is 17.1. The van der Waals surface area contributed by atoms with E-state index < -0.39 is 28.4 Å². The Morgan fingerprint density at radius 1 is 1.35 bits per heavy atom. The quantitative estimate of drug-likeness (QED) is 0.461. The van der Waals surface area contributed by atoms with Crippen LogP contribution in [0.4, 0.5) is 8.78 Å². The van der Waals surface area contributed by atoms with Crippen molar-refractivity contribution in [1.29, 1.82) is 0 Å². The van der Waals surface area contributed by atoms with Crippen molar-refractivity contribution in [3.05, 3.63) is 44.7 Å². The van der Waals surface area contributed by atoms with Gasteiger partial charge in [0.05, 0.1) is 17.5 Å². The number of esters is 1. The van der Waals surface area contributed by atoms with Gasteiger partial charge in [-0.2, -0.15) is 0 Å². The summed E-state index contributed by atoms with van der Waals surface area (Å²) in [4.78, 5) is 24.3. The number of halogens is 4. The number of carbonyl (C=O) groups excluding carboxylic acids is 1. The van der Waals surface area contributed by atoms with E-state index in [0.717, 1.165) is 0 Å². The maximum atomic E-state index is 14.1. The monoisotopic (exact) mass is 363 g/mol. The lowest BCUT2D eigenvalue weighted by Gasteiger charge is -2.14. The van der Waals surface area contributed by atoms with E-state index in [0.29, 0.717) is 12.5 Å². The number of fused-ring (bicyclic) bond motifs is 1. The molecule has 2 rings (SSSR count). The zero-order valence-electron chi connectivity index (χ0n) is 12.2. The van der Waals surface area contributed by atoms with Crippen molar-refractivity contribution < 1.29 is 18.3 Å². The fraction of sp³-hybridized carbons (Fsp3) is 0.333. The fourth-order valence-electron chi connectivity index (χ4n) is 2.24. The Morgan fingerprint density at radius 2 is 2.04 bits per heavy atom. The summed E-state index contributed by atoms with van der Waals surface area (Å²) in [7, 11) is 0. The van der Waals surface area contributed by atoms with Crippen molar-refractivity contribution in [2.75, 3.05) is 12.5 Å². The molecular weight excluding hydrogens is 351 g/mol. The summed E-state index contributed by atoms with van der Waals surface area (Å²) in [5.41, 5.74) is -1.33. The van der Waals surface area contributed by atoms with Gasteiger partial charge in [0.25, 0.3) is 0 Å². The van der Waals surface area contributed by atoms with Crippen LogP contribution < -0.4 is 5.43 Å². The van der Waals surface area contributed by atoms with Gasteiger partial charge in [0.2, 0.25) is 5.43 Å². The second kappa shape index (κ2) is 7.27. The first-order valence-corrected chi connectivity index (χ1v) is 7.77. The van der Waals surface area contributed by atoms with Crippen LogP contribution in [0.3, 0.4) is 0 Å². The number of aryl methyl sites for hydroxylation is 1. The first kappa shape index (κ1) is 17.7. The fourth-order valence-corrected chi connectivity index (χ4v) is 2.62. The van der Waals surface area contributed by atoms with Gasteiger partial charge in [0.15, 0.2) is 0 Å². The molecule has 0 unspecified atom stereocenters. The zero-order valence-corrected chi connectivity index (χ0v) is 13.7. The third-order valence-electron chi connectivity index (χ3n) is 3.22. The summed E-state index contributed by atoms with van der Waals surface area (Å²) in [6.07, 6.45) is 1.65. The average Bonchev–Trinajstić information content (AvgIpc) is 2.51. The lowest BCUT2D eigenvalue weighted by Crippen LogP contribution is -2.22. The molecular formula is C15H13Cl2F2NO3. The minimum Gasteiger partial charge on any atom is -0.462 e. The molecule has 0 atom stereocenters. The molecule has 0 fully saturated rings. The van der Waals surface area contributed by atoms with Gasteiger partial charge in [-0.05, 0) is 13.3 Å². The second-order valence-corrected chi connectivity index (χ2v) is 5.46. The predicted molar refractivity (Wildman–Crippen MR) is 84.4 cm³/mol. The number of nitrogens with zero attached hydrogens (tertiary/aromatic N) is 1. The molecule has 0 saturated carbocycles. The van der Waals surface area contributed by atoms with Crippen molar-refractivity contribution in [2.24, 2.45) is 0 Å². The van der Waals surface area contributed by atoms with Gasteiger partial charge in [-0.3, -0.25) is 4.79 Å². The summed E-state index contributed by atoms with van der Waals surface area (Å²) < 4.78 is 34.0. The third-order valence-corrected chi connectivity index (χ3v) is 3.85. The minimum absolute atomic E-state index is 0.0602. The molecule has 1 aromatic heterocycles. The van der Waals surface area contributed by atoms with Crippen LogP contribution in [0.2, 0.25) is 5.02 Å². The van der Waals surface area contributed by atoms with Crippen LogP contribution in [-0.4, -0.2) is 23.0 Å². The lowest BCUT2D eigenvalue weighted by atomic mass is 10.1. The Balaban J connectivity index is 2.85. The molecule has 0 aliphatic carbocycles. The molecule has 0 aliphatic rings.